The van der Waals surface area contributed by atoms with E-state index in [0.717, 1.165) is 33.3 Å². The van der Waals surface area contributed by atoms with Gasteiger partial charge in [-0.05, 0) is 66.3 Å². The molecule has 4 amide bonds. The number of amides is 4. The van der Waals surface area contributed by atoms with Crippen molar-refractivity contribution < 1.29 is 64.1 Å². The number of urea groups is 2. The zero-order valence-electron chi connectivity index (χ0n) is 41.6. The van der Waals surface area contributed by atoms with Crippen LogP contribution in [0.15, 0.2) is 170 Å². The van der Waals surface area contributed by atoms with Gasteiger partial charge >= 0.3 is 53.6 Å². The van der Waals surface area contributed by atoms with Crippen LogP contribution in [-0.4, -0.2) is 113 Å². The van der Waals surface area contributed by atoms with Gasteiger partial charge in [0.15, 0.2) is 10.3 Å². The molecule has 0 radical (unpaired) electrons. The molecule has 6 N–H and O–H groups in total. The van der Waals surface area contributed by atoms with E-state index in [4.69, 9.17) is 9.84 Å². The van der Waals surface area contributed by atoms with E-state index < -0.39 is 5.97 Å². The van der Waals surface area contributed by atoms with Crippen molar-refractivity contribution in [1.29, 1.82) is 0 Å². The summed E-state index contributed by atoms with van der Waals surface area (Å²) in [5.41, 5.74) is 6.50. The third kappa shape index (κ3) is 18.1. The summed E-state index contributed by atoms with van der Waals surface area (Å²) in [6.45, 7) is 4.77. The molecule has 74 heavy (non-hydrogen) atoms. The Balaban J connectivity index is 0.000000267. The van der Waals surface area contributed by atoms with Crippen LogP contribution in [0, 0.1) is 0 Å². The Kier molecular flexibility index (Phi) is 24.6. The number of anilines is 2. The van der Waals surface area contributed by atoms with E-state index in [1.807, 2.05) is 121 Å². The van der Waals surface area contributed by atoms with Crippen LogP contribution >= 0.6 is 22.7 Å². The second kappa shape index (κ2) is 31.3. The molecule has 0 atom stereocenters. The number of carbonyl (C=O) groups excluding carboxylic acids is 3. The average Bonchev–Trinajstić information content (AvgIpc) is 4.02. The molecule has 8 aromatic rings. The molecular weight excluding hydrogens is 984 g/mol. The van der Waals surface area contributed by atoms with Gasteiger partial charge < -0.3 is 35.8 Å². The standard InChI is InChI=1S/C29H32N4O3S.C27H28N4O3S.Na.H2O/c1-2-36-27(34)21-30-18-20-33(29(35)32-28-31-25-15-9-10-16-26(25)37-28)19-17-24(22-11-5-3-6-12-22)23-13-7-4-8-14-23;32-25(33)19-28-16-18-31(27(34)30-26-29-23-13-7-8-14-24(23)35-26)17-15-22(20-9-3-1-4-10-20)21-11-5-2-6-12-21;;/h3-16,24,30H,2,17-21H2,1H3,(H,31,32,35);1-14,22,28H,15-19H2,(H,32,33)(H,29,30,34);;1H2/q;;+1;/p-1. The molecular formula is C56H61N8NaO7S2. The first kappa shape index (κ1) is 58.4. The molecule has 0 aliphatic rings. The fourth-order valence-electron chi connectivity index (χ4n) is 8.21. The predicted octanol–water partition coefficient (Wildman–Crippen LogP) is 7.36. The molecule has 0 aliphatic heterocycles. The first-order valence-corrected chi connectivity index (χ1v) is 25.7. The maximum absolute atomic E-state index is 13.4. The number of carboxylic acids is 1. The number of nitrogens with zero attached hydrogens (tertiary/aromatic N) is 4. The first-order valence-electron chi connectivity index (χ1n) is 24.1. The number of carbonyl (C=O) groups is 4. The van der Waals surface area contributed by atoms with Crippen LogP contribution < -0.4 is 50.8 Å². The summed E-state index contributed by atoms with van der Waals surface area (Å²) in [5.74, 6) is -0.959. The Bertz CT molecular complexity index is 2790. The van der Waals surface area contributed by atoms with Gasteiger partial charge in [0.25, 0.3) is 0 Å². The van der Waals surface area contributed by atoms with Crippen LogP contribution in [0.5, 0.6) is 0 Å². The second-order valence-electron chi connectivity index (χ2n) is 16.7. The SMILES string of the molecule is CCOC(=O)CNCCN(CCC(c1ccccc1)c1ccccc1)C(=O)Nc1nc2ccccc2s1.O=C(O)CNCCN(CCC(c1ccccc1)c1ccccc1)C(=O)Nc1nc2ccccc2s1.[Na+].[OH-]. The number of aromatic nitrogens is 2. The monoisotopic (exact) mass is 1040 g/mol. The molecule has 2 heterocycles. The Labute approximate surface area is 462 Å². The van der Waals surface area contributed by atoms with Crippen LogP contribution in [0.3, 0.4) is 0 Å². The number of benzene rings is 6. The van der Waals surface area contributed by atoms with Crippen LogP contribution in [0.25, 0.3) is 20.4 Å². The number of fused-ring (bicyclic) bond motifs is 2. The van der Waals surface area contributed by atoms with Crippen LogP contribution in [0.1, 0.15) is 53.9 Å². The minimum atomic E-state index is -0.927. The van der Waals surface area contributed by atoms with Crippen molar-refractivity contribution in [1.82, 2.24) is 30.4 Å². The predicted molar refractivity (Wildman–Crippen MR) is 291 cm³/mol. The normalized spacial score (nSPS) is 10.7. The number of ether oxygens (including phenoxy) is 1. The molecule has 0 unspecified atom stereocenters. The smallest absolute Gasteiger partial charge is 0.870 e. The Morgan fingerprint density at radius 2 is 0.878 bits per heavy atom. The van der Waals surface area contributed by atoms with Crippen molar-refractivity contribution in [2.45, 2.75) is 31.6 Å². The maximum atomic E-state index is 13.4. The summed E-state index contributed by atoms with van der Waals surface area (Å²) in [4.78, 5) is 61.7. The molecule has 18 heteroatoms. The summed E-state index contributed by atoms with van der Waals surface area (Å²) >= 11 is 2.88. The molecule has 0 bridgehead atoms. The first-order chi connectivity index (χ1) is 35.2. The third-order valence-corrected chi connectivity index (χ3v) is 13.6. The molecule has 380 valence electrons. The van der Waals surface area contributed by atoms with E-state index in [2.05, 4.69) is 79.8 Å². The van der Waals surface area contributed by atoms with Gasteiger partial charge in [-0.2, -0.15) is 0 Å². The number of hydrogen-bond acceptors (Lipinski definition) is 12. The molecule has 0 spiro atoms. The summed E-state index contributed by atoms with van der Waals surface area (Å²) < 4.78 is 7.01. The quantitative estimate of drug-likeness (QED) is 0.0243. The van der Waals surface area contributed by atoms with Gasteiger partial charge in [-0.3, -0.25) is 20.2 Å². The summed E-state index contributed by atoms with van der Waals surface area (Å²) in [6.07, 6.45) is 1.47. The summed E-state index contributed by atoms with van der Waals surface area (Å²) in [7, 11) is 0. The Morgan fingerprint density at radius 1 is 0.527 bits per heavy atom. The zero-order valence-corrected chi connectivity index (χ0v) is 45.3. The average molecular weight is 1050 g/mol. The van der Waals surface area contributed by atoms with E-state index in [9.17, 15) is 19.2 Å². The molecule has 8 rings (SSSR count). The van der Waals surface area contributed by atoms with Crippen molar-refractivity contribution in [3.63, 3.8) is 0 Å². The van der Waals surface area contributed by atoms with E-state index >= 15 is 0 Å². The number of esters is 1. The van der Waals surface area contributed by atoms with Crippen molar-refractivity contribution in [3.8, 4) is 0 Å². The number of aliphatic carboxylic acids is 1. The topological polar surface area (TPSA) is 208 Å². The van der Waals surface area contributed by atoms with E-state index in [1.165, 1.54) is 44.9 Å². The molecule has 15 nitrogen and oxygen atoms in total. The van der Waals surface area contributed by atoms with Crippen LogP contribution in [0.4, 0.5) is 19.9 Å². The molecule has 0 aliphatic carbocycles. The molecule has 0 fully saturated rings. The largest absolute Gasteiger partial charge is 1.00 e. The molecule has 0 saturated carbocycles. The fraction of sp³-hybridized carbons (Fsp3) is 0.250. The van der Waals surface area contributed by atoms with E-state index in [0.29, 0.717) is 56.1 Å². The van der Waals surface area contributed by atoms with Gasteiger partial charge in [-0.25, -0.2) is 19.6 Å². The van der Waals surface area contributed by atoms with Gasteiger partial charge in [0, 0.05) is 51.1 Å². The fourth-order valence-corrected chi connectivity index (χ4v) is 9.92. The van der Waals surface area contributed by atoms with Crippen molar-refractivity contribution in [2.24, 2.45) is 0 Å². The molecule has 6 aromatic carbocycles. The van der Waals surface area contributed by atoms with Crippen LogP contribution in [-0.2, 0) is 14.3 Å². The van der Waals surface area contributed by atoms with E-state index in [-0.39, 0.29) is 78.0 Å². The van der Waals surface area contributed by atoms with Crippen molar-refractivity contribution in [2.75, 3.05) is 69.6 Å². The number of carboxylic acid groups (broad SMARTS) is 1. The van der Waals surface area contributed by atoms with Crippen molar-refractivity contribution >= 4 is 77.4 Å². The van der Waals surface area contributed by atoms with Gasteiger partial charge in [-0.1, -0.05) is 168 Å². The molecule has 2 aromatic heterocycles. The minimum absolute atomic E-state index is 0. The Hall–Kier alpha value is -6.54. The number of hydrogen-bond donors (Lipinski definition) is 5. The van der Waals surface area contributed by atoms with Gasteiger partial charge in [0.05, 0.1) is 40.1 Å². The third-order valence-electron chi connectivity index (χ3n) is 11.7. The van der Waals surface area contributed by atoms with Crippen molar-refractivity contribution in [3.05, 3.63) is 192 Å². The number of rotatable bonds is 23. The van der Waals surface area contributed by atoms with Gasteiger partial charge in [0.1, 0.15) is 0 Å². The number of nitrogens with one attached hydrogen (secondary N) is 4. The summed E-state index contributed by atoms with van der Waals surface area (Å²) in [5, 5.41) is 21.9. The number of thiazole rings is 2. The van der Waals surface area contributed by atoms with Gasteiger partial charge in [0.2, 0.25) is 0 Å². The minimum Gasteiger partial charge on any atom is -0.870 e. The number of para-hydroxylation sites is 2. The zero-order chi connectivity index (χ0) is 50.3. The maximum Gasteiger partial charge on any atom is 1.00 e. The van der Waals surface area contributed by atoms with Gasteiger partial charge in [-0.15, -0.1) is 0 Å². The second-order valence-corrected chi connectivity index (χ2v) is 18.7. The Morgan fingerprint density at radius 3 is 1.23 bits per heavy atom. The van der Waals surface area contributed by atoms with Crippen LogP contribution in [0.2, 0.25) is 0 Å². The van der Waals surface area contributed by atoms with E-state index in [1.54, 1.807) is 16.7 Å². The summed E-state index contributed by atoms with van der Waals surface area (Å²) in [6, 6.07) is 56.4. The molecule has 0 saturated heterocycles.